The normalized spacial score (nSPS) is 11.8. The molecule has 0 bridgehead atoms. The van der Waals surface area contributed by atoms with Gasteiger partial charge < -0.3 is 10.6 Å². The Morgan fingerprint density at radius 1 is 0.812 bits per heavy atom. The van der Waals surface area contributed by atoms with E-state index in [4.69, 9.17) is 0 Å². The Morgan fingerprint density at radius 3 is 1.66 bits per heavy atom. The smallest absolute Gasteiger partial charge is 0.307 e. The molecule has 0 spiro atoms. The molecule has 164 valence electrons. The third-order valence-corrected chi connectivity index (χ3v) is 6.35. The van der Waals surface area contributed by atoms with E-state index in [1.165, 1.54) is 12.1 Å². The number of imide groups is 1. The van der Waals surface area contributed by atoms with Crippen molar-refractivity contribution in [3.05, 3.63) is 109 Å². The maximum atomic E-state index is 13.4. The van der Waals surface area contributed by atoms with Crippen LogP contribution in [0.15, 0.2) is 97.6 Å². The first kappa shape index (κ1) is 22.7. The molecule has 3 rings (SSSR count). The molecule has 0 aliphatic carbocycles. The molecule has 7 nitrogen and oxygen atoms in total. The highest BCUT2D eigenvalue weighted by Gasteiger charge is 2.40. The van der Waals surface area contributed by atoms with E-state index < -0.39 is 33.2 Å². The number of anilines is 2. The molecular formula is C23H20FN3O4S. The number of carbonyl (C=O) groups excluding carboxylic acids is 2. The van der Waals surface area contributed by atoms with Gasteiger partial charge in [0.1, 0.15) is 11.1 Å². The molecular weight excluding hydrogens is 433 g/mol. The van der Waals surface area contributed by atoms with Crippen LogP contribution < -0.4 is 10.6 Å². The minimum atomic E-state index is -4.65. The van der Waals surface area contributed by atoms with Crippen molar-refractivity contribution in [3.8, 4) is 0 Å². The molecule has 0 aliphatic heterocycles. The summed E-state index contributed by atoms with van der Waals surface area (Å²) in [6, 6.07) is 18.5. The zero-order valence-electron chi connectivity index (χ0n) is 16.8. The summed E-state index contributed by atoms with van der Waals surface area (Å²) in [6.45, 7) is 3.53. The Labute approximate surface area is 185 Å². The predicted molar refractivity (Wildman–Crippen MR) is 121 cm³/mol. The van der Waals surface area contributed by atoms with Gasteiger partial charge in [-0.2, -0.15) is 0 Å². The van der Waals surface area contributed by atoms with Crippen LogP contribution in [0.2, 0.25) is 0 Å². The summed E-state index contributed by atoms with van der Waals surface area (Å²) in [5, 5.41) is 3.33. The highest BCUT2D eigenvalue weighted by molar-refractivity contribution is 7.90. The van der Waals surface area contributed by atoms with Gasteiger partial charge in [-0.3, -0.25) is 0 Å². The molecule has 3 aromatic rings. The van der Waals surface area contributed by atoms with Crippen LogP contribution in [0, 0.1) is 5.82 Å². The zero-order valence-corrected chi connectivity index (χ0v) is 17.6. The molecule has 0 fully saturated rings. The van der Waals surface area contributed by atoms with Gasteiger partial charge in [-0.15, -0.1) is 10.9 Å². The topological polar surface area (TPSA) is 95.6 Å². The first-order chi connectivity index (χ1) is 15.3. The van der Waals surface area contributed by atoms with Gasteiger partial charge in [0.2, 0.25) is 0 Å². The van der Waals surface area contributed by atoms with Crippen molar-refractivity contribution in [2.45, 2.75) is 5.25 Å². The summed E-state index contributed by atoms with van der Waals surface area (Å²) in [5.74, 6) is -0.561. The lowest BCUT2D eigenvalue weighted by molar-refractivity contribution is 0.222. The number of amides is 4. The van der Waals surface area contributed by atoms with E-state index in [9.17, 15) is 22.4 Å². The van der Waals surface area contributed by atoms with Gasteiger partial charge in [0.15, 0.2) is 0 Å². The number of benzene rings is 3. The lowest BCUT2D eigenvalue weighted by Gasteiger charge is -2.25. The van der Waals surface area contributed by atoms with Gasteiger partial charge in [0, 0.05) is 11.4 Å². The van der Waals surface area contributed by atoms with E-state index in [2.05, 4.69) is 17.2 Å². The van der Waals surface area contributed by atoms with Crippen LogP contribution >= 0.6 is 0 Å². The number of hydrogen-bond donors (Lipinski definition) is 2. The molecule has 0 saturated carbocycles. The summed E-state index contributed by atoms with van der Waals surface area (Å²) < 4.78 is 40.3. The second-order valence-corrected chi connectivity index (χ2v) is 8.51. The van der Waals surface area contributed by atoms with Crippen molar-refractivity contribution in [1.82, 2.24) is 4.31 Å². The summed E-state index contributed by atoms with van der Waals surface area (Å²) >= 11 is 0. The molecule has 32 heavy (non-hydrogen) atoms. The third kappa shape index (κ3) is 5.19. The lowest BCUT2D eigenvalue weighted by atomic mass is 10.1. The molecule has 4 amide bonds. The summed E-state index contributed by atoms with van der Waals surface area (Å²) in [6.07, 6.45) is 1.07. The molecule has 0 aliphatic rings. The largest absolute Gasteiger partial charge is 0.344 e. The second-order valence-electron chi connectivity index (χ2n) is 6.61. The van der Waals surface area contributed by atoms with Gasteiger partial charge in [0.05, 0.1) is 0 Å². The van der Waals surface area contributed by atoms with Crippen molar-refractivity contribution >= 4 is 33.5 Å². The van der Waals surface area contributed by atoms with Crippen molar-refractivity contribution in [1.29, 1.82) is 0 Å². The van der Waals surface area contributed by atoms with Crippen LogP contribution in [0.3, 0.4) is 0 Å². The Kier molecular flexibility index (Phi) is 7.01. The van der Waals surface area contributed by atoms with Gasteiger partial charge in [-0.25, -0.2) is 22.4 Å². The Hall–Kier alpha value is -3.98. The molecule has 9 heteroatoms. The third-order valence-electron chi connectivity index (χ3n) is 4.41. The van der Waals surface area contributed by atoms with E-state index in [-0.39, 0.29) is 9.87 Å². The highest BCUT2D eigenvalue weighted by Crippen LogP contribution is 2.28. The average molecular weight is 453 g/mol. The van der Waals surface area contributed by atoms with E-state index in [0.29, 0.717) is 11.4 Å². The van der Waals surface area contributed by atoms with Crippen molar-refractivity contribution in [3.63, 3.8) is 0 Å². The Balaban J connectivity index is 2.00. The van der Waals surface area contributed by atoms with Crippen LogP contribution in [-0.4, -0.2) is 24.8 Å². The molecule has 0 aromatic heterocycles. The fraction of sp³-hybridized carbons (Fsp3) is 0.0435. The van der Waals surface area contributed by atoms with Gasteiger partial charge >= 0.3 is 12.1 Å². The Morgan fingerprint density at radius 2 is 1.25 bits per heavy atom. The average Bonchev–Trinajstić information content (AvgIpc) is 2.76. The van der Waals surface area contributed by atoms with E-state index in [1.807, 2.05) is 0 Å². The van der Waals surface area contributed by atoms with Gasteiger partial charge in [-0.05, 0) is 42.0 Å². The Bertz CT molecular complexity index is 1150. The monoisotopic (exact) mass is 453 g/mol. The molecule has 1 atom stereocenters. The predicted octanol–water partition coefficient (Wildman–Crippen LogP) is 5.15. The van der Waals surface area contributed by atoms with E-state index in [0.717, 1.165) is 18.2 Å². The number of halogens is 1. The van der Waals surface area contributed by atoms with Crippen LogP contribution in [0.25, 0.3) is 0 Å². The number of carbonyl (C=O) groups is 2. The van der Waals surface area contributed by atoms with Gasteiger partial charge in [-0.1, -0.05) is 54.6 Å². The zero-order chi connectivity index (χ0) is 23.1. The fourth-order valence-corrected chi connectivity index (χ4v) is 4.44. The first-order valence-corrected chi connectivity index (χ1v) is 11.0. The fourth-order valence-electron chi connectivity index (χ4n) is 2.91. The number of para-hydroxylation sites is 2. The molecule has 0 radical (unpaired) electrons. The molecule has 0 saturated heterocycles. The number of hydrogen-bond acceptors (Lipinski definition) is 4. The van der Waals surface area contributed by atoms with Crippen LogP contribution in [0.4, 0.5) is 25.4 Å². The molecule has 2 N–H and O–H groups in total. The highest BCUT2D eigenvalue weighted by atomic mass is 32.2. The minimum Gasteiger partial charge on any atom is -0.307 e. The SMILES string of the molecule is C=CC(c1ccc(F)cc1)S(=O)(=O)N(C(=O)Nc1ccccc1)C(=O)Nc1ccccc1. The van der Waals surface area contributed by atoms with E-state index >= 15 is 0 Å². The summed E-state index contributed by atoms with van der Waals surface area (Å²) in [5.41, 5.74) is 0.732. The molecule has 1 unspecified atom stereocenters. The second kappa shape index (κ2) is 9.88. The minimum absolute atomic E-state index is 0.114. The lowest BCUT2D eigenvalue weighted by Crippen LogP contribution is -2.47. The van der Waals surface area contributed by atoms with Crippen LogP contribution in [0.5, 0.6) is 0 Å². The quantitative estimate of drug-likeness (QED) is 0.505. The van der Waals surface area contributed by atoms with Crippen molar-refractivity contribution in [2.75, 3.05) is 10.6 Å². The summed E-state index contributed by atoms with van der Waals surface area (Å²) in [4.78, 5) is 26.0. The van der Waals surface area contributed by atoms with Crippen molar-refractivity contribution < 1.29 is 22.4 Å². The standard InChI is InChI=1S/C23H20FN3O4S/c1-2-21(17-13-15-18(24)16-14-17)32(30,31)27(22(28)25-19-9-5-3-6-10-19)23(29)26-20-11-7-4-8-12-20/h2-16,21H,1H2,(H,25,28)(H,26,29). The number of nitrogens with one attached hydrogen (secondary N) is 2. The maximum Gasteiger partial charge on any atom is 0.344 e. The number of rotatable bonds is 6. The van der Waals surface area contributed by atoms with Crippen molar-refractivity contribution in [2.24, 2.45) is 0 Å². The maximum absolute atomic E-state index is 13.4. The van der Waals surface area contributed by atoms with Gasteiger partial charge in [0.25, 0.3) is 10.0 Å². The molecule has 0 heterocycles. The van der Waals surface area contributed by atoms with E-state index in [1.54, 1.807) is 60.7 Å². The van der Waals surface area contributed by atoms with Crippen LogP contribution in [-0.2, 0) is 10.0 Å². The summed E-state index contributed by atoms with van der Waals surface area (Å²) in [7, 11) is -4.65. The first-order valence-electron chi connectivity index (χ1n) is 9.47. The number of sulfonamides is 1. The number of nitrogens with zero attached hydrogens (tertiary/aromatic N) is 1. The van der Waals surface area contributed by atoms with Crippen LogP contribution in [0.1, 0.15) is 10.8 Å². The number of urea groups is 2. The molecule has 3 aromatic carbocycles.